The minimum atomic E-state index is -4.25. The molecule has 0 aliphatic carbocycles. The topological polar surface area (TPSA) is 130 Å². The van der Waals surface area contributed by atoms with Gasteiger partial charge in [0.2, 0.25) is 11.8 Å². The van der Waals surface area contributed by atoms with Crippen molar-refractivity contribution < 1.29 is 22.9 Å². The van der Waals surface area contributed by atoms with E-state index in [9.17, 15) is 28.1 Å². The van der Waals surface area contributed by atoms with E-state index in [1.54, 1.807) is 37.3 Å². The molecule has 0 bridgehead atoms. The number of rotatable bonds is 12. The number of nitrogens with one attached hydrogen (secondary N) is 1. The molecule has 1 N–H and O–H groups in total. The van der Waals surface area contributed by atoms with Crippen LogP contribution in [0.2, 0.25) is 0 Å². The van der Waals surface area contributed by atoms with Gasteiger partial charge in [-0.25, -0.2) is 8.42 Å². The largest absolute Gasteiger partial charge is 0.354 e. The molecule has 3 rings (SSSR count). The van der Waals surface area contributed by atoms with Crippen molar-refractivity contribution >= 4 is 49.1 Å². The van der Waals surface area contributed by atoms with Gasteiger partial charge in [-0.3, -0.25) is 24.0 Å². The fourth-order valence-corrected chi connectivity index (χ4v) is 5.51. The van der Waals surface area contributed by atoms with E-state index in [0.29, 0.717) is 6.54 Å². The molecule has 3 aromatic rings. The molecule has 1 atom stereocenters. The van der Waals surface area contributed by atoms with Crippen molar-refractivity contribution in [2.75, 3.05) is 17.4 Å². The smallest absolute Gasteiger partial charge is 0.269 e. The molecular weight excluding hydrogens is 600 g/mol. The van der Waals surface area contributed by atoms with Crippen LogP contribution in [0.3, 0.4) is 0 Å². The molecule has 0 aromatic heterocycles. The Labute approximate surface area is 242 Å². The summed E-state index contributed by atoms with van der Waals surface area (Å²) in [5, 5.41) is 14.0. The third-order valence-electron chi connectivity index (χ3n) is 6.08. The zero-order chi connectivity index (χ0) is 29.4. The van der Waals surface area contributed by atoms with Gasteiger partial charge in [0.25, 0.3) is 15.7 Å². The summed E-state index contributed by atoms with van der Waals surface area (Å²) >= 11 is 3.38. The van der Waals surface area contributed by atoms with Gasteiger partial charge in [0, 0.05) is 29.7 Å². The van der Waals surface area contributed by atoms with E-state index < -0.39 is 33.4 Å². The summed E-state index contributed by atoms with van der Waals surface area (Å²) in [6.45, 7) is 5.34. The van der Waals surface area contributed by atoms with E-state index in [0.717, 1.165) is 14.3 Å². The summed E-state index contributed by atoms with van der Waals surface area (Å²) in [6.07, 6.45) is 0. The molecule has 2 amide bonds. The Morgan fingerprint density at radius 3 is 2.10 bits per heavy atom. The molecule has 0 unspecified atom stereocenters. The number of anilines is 1. The Bertz CT molecular complexity index is 1430. The Hall–Kier alpha value is -3.77. The lowest BCUT2D eigenvalue weighted by Gasteiger charge is -2.32. The average Bonchev–Trinajstić information content (AvgIpc) is 2.94. The number of nitrogens with zero attached hydrogens (tertiary/aromatic N) is 3. The van der Waals surface area contributed by atoms with E-state index >= 15 is 0 Å². The van der Waals surface area contributed by atoms with E-state index in [1.165, 1.54) is 41.3 Å². The summed E-state index contributed by atoms with van der Waals surface area (Å²) in [4.78, 5) is 38.7. The number of nitro groups is 1. The SMILES string of the molecule is CC(C)CNC(=O)[C@H](C)N(Cc1ccc(Br)cc1)C(=O)CN(c1ccc([N+](=O)[O-])cc1)S(=O)(=O)c1ccccc1. The molecule has 40 heavy (non-hydrogen) atoms. The number of carbonyl (C=O) groups excluding carboxylic acids is 2. The number of benzene rings is 3. The molecule has 0 aliphatic heterocycles. The number of hydrogen-bond donors (Lipinski definition) is 1. The zero-order valence-corrected chi connectivity index (χ0v) is 24.8. The minimum Gasteiger partial charge on any atom is -0.354 e. The molecular formula is C28H31BrN4O6S. The van der Waals surface area contributed by atoms with Crippen LogP contribution in [-0.2, 0) is 26.2 Å². The Morgan fingerprint density at radius 2 is 1.55 bits per heavy atom. The first-order valence-electron chi connectivity index (χ1n) is 12.5. The Kier molecular flexibility index (Phi) is 10.4. The van der Waals surface area contributed by atoms with Crippen molar-refractivity contribution in [3.05, 3.63) is 99.0 Å². The van der Waals surface area contributed by atoms with E-state index in [-0.39, 0.29) is 34.6 Å². The molecule has 0 radical (unpaired) electrons. The predicted octanol–water partition coefficient (Wildman–Crippen LogP) is 4.74. The van der Waals surface area contributed by atoms with Crippen LogP contribution in [0.25, 0.3) is 0 Å². The quantitative estimate of drug-likeness (QED) is 0.227. The second kappa shape index (κ2) is 13.5. The van der Waals surface area contributed by atoms with Crippen molar-refractivity contribution in [1.29, 1.82) is 0 Å². The maximum atomic E-state index is 13.9. The number of halogens is 1. The summed E-state index contributed by atoms with van der Waals surface area (Å²) in [5.74, 6) is -0.791. The molecule has 3 aromatic carbocycles. The van der Waals surface area contributed by atoms with Crippen LogP contribution in [0.5, 0.6) is 0 Å². The van der Waals surface area contributed by atoms with Crippen molar-refractivity contribution in [3.8, 4) is 0 Å². The number of carbonyl (C=O) groups is 2. The van der Waals surface area contributed by atoms with Crippen LogP contribution in [0.4, 0.5) is 11.4 Å². The number of non-ortho nitro benzene ring substituents is 1. The van der Waals surface area contributed by atoms with Gasteiger partial charge < -0.3 is 10.2 Å². The van der Waals surface area contributed by atoms with Gasteiger partial charge in [-0.15, -0.1) is 0 Å². The highest BCUT2D eigenvalue weighted by Crippen LogP contribution is 2.26. The minimum absolute atomic E-state index is 0.0525. The van der Waals surface area contributed by atoms with Crippen LogP contribution in [0.15, 0.2) is 88.2 Å². The van der Waals surface area contributed by atoms with Crippen LogP contribution in [-0.4, -0.2) is 49.2 Å². The molecule has 0 spiro atoms. The summed E-state index contributed by atoms with van der Waals surface area (Å²) in [7, 11) is -4.25. The summed E-state index contributed by atoms with van der Waals surface area (Å²) in [6, 6.07) is 18.8. The molecule has 0 fully saturated rings. The third kappa shape index (κ3) is 7.89. The lowest BCUT2D eigenvalue weighted by atomic mass is 10.1. The van der Waals surface area contributed by atoms with Crippen molar-refractivity contribution in [3.63, 3.8) is 0 Å². The van der Waals surface area contributed by atoms with Gasteiger partial charge >= 0.3 is 0 Å². The molecule has 0 aliphatic rings. The highest BCUT2D eigenvalue weighted by Gasteiger charge is 2.32. The second-order valence-electron chi connectivity index (χ2n) is 9.56. The van der Waals surface area contributed by atoms with Crippen LogP contribution in [0.1, 0.15) is 26.3 Å². The maximum Gasteiger partial charge on any atom is 0.269 e. The lowest BCUT2D eigenvalue weighted by molar-refractivity contribution is -0.384. The summed E-state index contributed by atoms with van der Waals surface area (Å²) < 4.78 is 29.2. The first-order valence-corrected chi connectivity index (χ1v) is 14.8. The first-order chi connectivity index (χ1) is 18.9. The molecule has 212 valence electrons. The maximum absolute atomic E-state index is 13.9. The van der Waals surface area contributed by atoms with Crippen LogP contribution >= 0.6 is 15.9 Å². The van der Waals surface area contributed by atoms with Gasteiger partial charge in [-0.1, -0.05) is 60.1 Å². The monoisotopic (exact) mass is 630 g/mol. The second-order valence-corrected chi connectivity index (χ2v) is 12.3. The zero-order valence-electron chi connectivity index (χ0n) is 22.4. The van der Waals surface area contributed by atoms with Gasteiger partial charge in [0.1, 0.15) is 12.6 Å². The van der Waals surface area contributed by atoms with E-state index in [1.807, 2.05) is 26.0 Å². The molecule has 0 saturated carbocycles. The molecule has 0 heterocycles. The summed E-state index contributed by atoms with van der Waals surface area (Å²) in [5.41, 5.74) is 0.593. The van der Waals surface area contributed by atoms with Gasteiger partial charge in [-0.2, -0.15) is 0 Å². The predicted molar refractivity (Wildman–Crippen MR) is 156 cm³/mol. The van der Waals surface area contributed by atoms with E-state index in [2.05, 4.69) is 21.2 Å². The lowest BCUT2D eigenvalue weighted by Crippen LogP contribution is -2.51. The number of sulfonamides is 1. The number of amides is 2. The molecule has 0 saturated heterocycles. The first kappa shape index (κ1) is 30.8. The molecule has 10 nitrogen and oxygen atoms in total. The van der Waals surface area contributed by atoms with Crippen molar-refractivity contribution in [2.45, 2.75) is 38.3 Å². The third-order valence-corrected chi connectivity index (χ3v) is 8.39. The molecule has 12 heteroatoms. The highest BCUT2D eigenvalue weighted by atomic mass is 79.9. The fraction of sp³-hybridized carbons (Fsp3) is 0.286. The standard InChI is InChI=1S/C28H31BrN4O6S/c1-20(2)17-30-28(35)21(3)31(18-22-9-11-23(29)12-10-22)27(34)19-32(24-13-15-25(16-14-24)33(36)37)40(38,39)26-7-5-4-6-8-26/h4-16,20-21H,17-19H2,1-3H3,(H,30,35)/t21-/m0/s1. The number of nitro benzene ring substituents is 1. The van der Waals surface area contributed by atoms with Crippen molar-refractivity contribution in [1.82, 2.24) is 10.2 Å². The van der Waals surface area contributed by atoms with Gasteiger partial charge in [0.15, 0.2) is 0 Å². The van der Waals surface area contributed by atoms with Gasteiger partial charge in [-0.05, 0) is 54.8 Å². The van der Waals surface area contributed by atoms with Gasteiger partial charge in [0.05, 0.1) is 15.5 Å². The van der Waals surface area contributed by atoms with Crippen LogP contribution < -0.4 is 9.62 Å². The highest BCUT2D eigenvalue weighted by molar-refractivity contribution is 9.10. The Morgan fingerprint density at radius 1 is 0.950 bits per heavy atom. The normalized spacial score (nSPS) is 12.0. The van der Waals surface area contributed by atoms with Crippen molar-refractivity contribution in [2.24, 2.45) is 5.92 Å². The van der Waals surface area contributed by atoms with E-state index in [4.69, 9.17) is 0 Å². The van der Waals surface area contributed by atoms with Crippen LogP contribution in [0, 0.1) is 16.0 Å². The Balaban J connectivity index is 2.01. The average molecular weight is 632 g/mol. The number of hydrogen-bond acceptors (Lipinski definition) is 6. The fourth-order valence-electron chi connectivity index (χ4n) is 3.81.